The van der Waals surface area contributed by atoms with E-state index in [1.807, 2.05) is 30.3 Å². The van der Waals surface area contributed by atoms with Crippen molar-refractivity contribution in [3.05, 3.63) is 77.2 Å². The molecule has 0 bridgehead atoms. The first kappa shape index (κ1) is 18.6. The van der Waals surface area contributed by atoms with Crippen LogP contribution in [0.5, 0.6) is 0 Å². The number of hydrogen-bond donors (Lipinski definition) is 1. The first-order valence-corrected chi connectivity index (χ1v) is 10.6. The van der Waals surface area contributed by atoms with Crippen LogP contribution >= 0.6 is 0 Å². The van der Waals surface area contributed by atoms with E-state index in [0.29, 0.717) is 29.4 Å². The number of aryl methyl sites for hydroxylation is 1. The van der Waals surface area contributed by atoms with E-state index in [4.69, 9.17) is 0 Å². The van der Waals surface area contributed by atoms with E-state index in [0.717, 1.165) is 24.1 Å². The van der Waals surface area contributed by atoms with Gasteiger partial charge in [-0.25, -0.2) is 9.07 Å². The summed E-state index contributed by atoms with van der Waals surface area (Å²) in [6.07, 6.45) is 1.93. The van der Waals surface area contributed by atoms with Crippen LogP contribution in [0.15, 0.2) is 54.6 Å². The number of carbonyl (C=O) groups excluding carboxylic acids is 1. The van der Waals surface area contributed by atoms with Gasteiger partial charge < -0.3 is 5.32 Å². The number of nitrogens with one attached hydrogen (secondary N) is 1. The van der Waals surface area contributed by atoms with Crippen LogP contribution in [0, 0.1) is 5.82 Å². The van der Waals surface area contributed by atoms with Crippen LogP contribution < -0.4 is 5.32 Å². The maximum atomic E-state index is 13.3. The second kappa shape index (κ2) is 8.06. The van der Waals surface area contributed by atoms with Crippen molar-refractivity contribution in [1.29, 1.82) is 0 Å². The standard InChI is InChI=1S/C21H20FN3O2S/c22-16-9-11-17(12-10-16)25-21(18-13-28(27)14-19(18)24-25)23-20(26)8-4-7-15-5-2-1-3-6-15/h1-3,5-6,9-12H,4,7-8,13-14H2,(H,23,26)/t28-/m0/s1. The largest absolute Gasteiger partial charge is 0.310 e. The lowest BCUT2D eigenvalue weighted by atomic mass is 10.1. The first-order valence-electron chi connectivity index (χ1n) is 9.15. The average molecular weight is 397 g/mol. The first-order chi connectivity index (χ1) is 13.6. The summed E-state index contributed by atoms with van der Waals surface area (Å²) in [6, 6.07) is 16.0. The van der Waals surface area contributed by atoms with Crippen LogP contribution in [0.25, 0.3) is 5.69 Å². The maximum Gasteiger partial charge on any atom is 0.225 e. The minimum absolute atomic E-state index is 0.111. The predicted molar refractivity (Wildman–Crippen MR) is 107 cm³/mol. The fourth-order valence-corrected chi connectivity index (χ4v) is 4.58. The van der Waals surface area contributed by atoms with E-state index in [1.165, 1.54) is 17.7 Å². The van der Waals surface area contributed by atoms with Gasteiger partial charge in [0.2, 0.25) is 5.91 Å². The molecule has 2 heterocycles. The molecule has 0 unspecified atom stereocenters. The molecule has 0 fully saturated rings. The maximum absolute atomic E-state index is 13.3. The van der Waals surface area contributed by atoms with Crippen molar-refractivity contribution in [2.24, 2.45) is 0 Å². The SMILES string of the molecule is O=C(CCCc1ccccc1)Nc1c2c(nn1-c1ccc(F)cc1)C[S@@](=O)C2. The molecule has 1 atom stereocenters. The van der Waals surface area contributed by atoms with Gasteiger partial charge in [0.05, 0.1) is 22.9 Å². The lowest BCUT2D eigenvalue weighted by Gasteiger charge is -2.11. The number of aromatic nitrogens is 2. The fraction of sp³-hybridized carbons (Fsp3) is 0.238. The normalized spacial score (nSPS) is 15.4. The Labute approximate surface area is 165 Å². The summed E-state index contributed by atoms with van der Waals surface area (Å²) >= 11 is 0. The van der Waals surface area contributed by atoms with E-state index in [9.17, 15) is 13.4 Å². The minimum Gasteiger partial charge on any atom is -0.310 e. The second-order valence-electron chi connectivity index (χ2n) is 6.78. The molecule has 28 heavy (non-hydrogen) atoms. The van der Waals surface area contributed by atoms with Crippen molar-refractivity contribution >= 4 is 22.5 Å². The summed E-state index contributed by atoms with van der Waals surface area (Å²) in [5, 5.41) is 7.45. The number of carbonyl (C=O) groups is 1. The molecule has 4 rings (SSSR count). The van der Waals surface area contributed by atoms with Crippen molar-refractivity contribution in [2.45, 2.75) is 30.8 Å². The topological polar surface area (TPSA) is 64.0 Å². The van der Waals surface area contributed by atoms with Gasteiger partial charge >= 0.3 is 0 Å². The molecule has 2 aromatic carbocycles. The van der Waals surface area contributed by atoms with Gasteiger partial charge in [-0.3, -0.25) is 9.00 Å². The highest BCUT2D eigenvalue weighted by atomic mass is 32.2. The smallest absolute Gasteiger partial charge is 0.225 e. The van der Waals surface area contributed by atoms with Gasteiger partial charge in [0, 0.05) is 22.8 Å². The van der Waals surface area contributed by atoms with Gasteiger partial charge in [0.1, 0.15) is 11.6 Å². The Morgan fingerprint density at radius 1 is 1.11 bits per heavy atom. The number of benzene rings is 2. The number of fused-ring (bicyclic) bond motifs is 1. The predicted octanol–water partition coefficient (Wildman–Crippen LogP) is 3.74. The van der Waals surface area contributed by atoms with E-state index in [-0.39, 0.29) is 11.7 Å². The molecule has 5 nitrogen and oxygen atoms in total. The van der Waals surface area contributed by atoms with Gasteiger partial charge in [0.15, 0.2) is 0 Å². The Bertz CT molecular complexity index is 1020. The van der Waals surface area contributed by atoms with Crippen LogP contribution in [-0.4, -0.2) is 19.9 Å². The van der Waals surface area contributed by atoms with Gasteiger partial charge in [0.25, 0.3) is 0 Å². The quantitative estimate of drug-likeness (QED) is 0.689. The highest BCUT2D eigenvalue weighted by Gasteiger charge is 2.28. The van der Waals surface area contributed by atoms with Gasteiger partial charge in [-0.1, -0.05) is 30.3 Å². The lowest BCUT2D eigenvalue weighted by molar-refractivity contribution is -0.116. The van der Waals surface area contributed by atoms with Crippen LogP contribution in [0.1, 0.15) is 29.7 Å². The molecule has 1 aromatic heterocycles. The molecule has 1 N–H and O–H groups in total. The number of amides is 1. The highest BCUT2D eigenvalue weighted by molar-refractivity contribution is 7.83. The Hall–Kier alpha value is -2.80. The van der Waals surface area contributed by atoms with Crippen molar-refractivity contribution < 1.29 is 13.4 Å². The molecule has 1 aliphatic rings. The molecule has 7 heteroatoms. The zero-order valence-electron chi connectivity index (χ0n) is 15.2. The molecular formula is C21H20FN3O2S. The summed E-state index contributed by atoms with van der Waals surface area (Å²) < 4.78 is 26.8. The molecule has 1 aliphatic heterocycles. The third-order valence-corrected chi connectivity index (χ3v) is 5.92. The van der Waals surface area contributed by atoms with Crippen LogP contribution in [0.3, 0.4) is 0 Å². The van der Waals surface area contributed by atoms with E-state index in [1.54, 1.807) is 16.8 Å². The van der Waals surface area contributed by atoms with Gasteiger partial charge in [-0.2, -0.15) is 5.10 Å². The van der Waals surface area contributed by atoms with Crippen molar-refractivity contribution in [1.82, 2.24) is 9.78 Å². The minimum atomic E-state index is -0.999. The molecule has 0 aliphatic carbocycles. The van der Waals surface area contributed by atoms with Gasteiger partial charge in [-0.05, 0) is 42.7 Å². The van der Waals surface area contributed by atoms with Crippen LogP contribution in [0.2, 0.25) is 0 Å². The fourth-order valence-electron chi connectivity index (χ4n) is 3.32. The second-order valence-corrected chi connectivity index (χ2v) is 8.23. The molecule has 144 valence electrons. The molecule has 0 saturated heterocycles. The molecule has 0 saturated carbocycles. The zero-order chi connectivity index (χ0) is 19.5. The van der Waals surface area contributed by atoms with Crippen molar-refractivity contribution in [3.8, 4) is 5.69 Å². The summed E-state index contributed by atoms with van der Waals surface area (Å²) in [5.74, 6) is 0.837. The third kappa shape index (κ3) is 4.04. The highest BCUT2D eigenvalue weighted by Crippen LogP contribution is 2.31. The Morgan fingerprint density at radius 2 is 1.86 bits per heavy atom. The number of anilines is 1. The Morgan fingerprint density at radius 3 is 2.61 bits per heavy atom. The number of rotatable bonds is 6. The van der Waals surface area contributed by atoms with E-state index in [2.05, 4.69) is 10.4 Å². The molecule has 0 radical (unpaired) electrons. The number of halogens is 1. The molecular weight excluding hydrogens is 377 g/mol. The van der Waals surface area contributed by atoms with E-state index >= 15 is 0 Å². The van der Waals surface area contributed by atoms with Crippen LogP contribution in [-0.2, 0) is 33.5 Å². The molecule has 0 spiro atoms. The summed E-state index contributed by atoms with van der Waals surface area (Å²) in [7, 11) is -0.999. The Balaban J connectivity index is 1.50. The number of nitrogens with zero attached hydrogens (tertiary/aromatic N) is 2. The average Bonchev–Trinajstić information content (AvgIpc) is 3.20. The van der Waals surface area contributed by atoms with E-state index < -0.39 is 10.8 Å². The zero-order valence-corrected chi connectivity index (χ0v) is 16.0. The third-order valence-electron chi connectivity index (χ3n) is 4.71. The number of hydrogen-bond acceptors (Lipinski definition) is 3. The molecule has 3 aromatic rings. The summed E-state index contributed by atoms with van der Waals surface area (Å²) in [4.78, 5) is 12.5. The molecule has 1 amide bonds. The van der Waals surface area contributed by atoms with Gasteiger partial charge in [-0.15, -0.1) is 0 Å². The Kier molecular flexibility index (Phi) is 5.34. The summed E-state index contributed by atoms with van der Waals surface area (Å²) in [6.45, 7) is 0. The van der Waals surface area contributed by atoms with Crippen molar-refractivity contribution in [3.63, 3.8) is 0 Å². The summed E-state index contributed by atoms with van der Waals surface area (Å²) in [5.41, 5.74) is 3.38. The lowest BCUT2D eigenvalue weighted by Crippen LogP contribution is -2.16. The van der Waals surface area contributed by atoms with Crippen LogP contribution in [0.4, 0.5) is 10.2 Å². The monoisotopic (exact) mass is 397 g/mol. The van der Waals surface area contributed by atoms with Crippen molar-refractivity contribution in [2.75, 3.05) is 5.32 Å².